The number of hydrogen-bond donors (Lipinski definition) is 1. The Bertz CT molecular complexity index is 886. The fourth-order valence-corrected chi connectivity index (χ4v) is 3.53. The number of para-hydroxylation sites is 3. The molecule has 0 atom stereocenters. The molecule has 6 heteroatoms. The lowest BCUT2D eigenvalue weighted by molar-refractivity contribution is -0.146. The summed E-state index contributed by atoms with van der Waals surface area (Å²) in [5.41, 5.74) is 1.59. The predicted octanol–water partition coefficient (Wildman–Crippen LogP) is 3.32. The Morgan fingerprint density at radius 2 is 1.59 bits per heavy atom. The summed E-state index contributed by atoms with van der Waals surface area (Å²) in [6.45, 7) is 7.84. The second-order valence-electron chi connectivity index (χ2n) is 7.85. The molecule has 1 N–H and O–H groups in total. The van der Waals surface area contributed by atoms with Crippen molar-refractivity contribution in [3.05, 3.63) is 54.1 Å². The van der Waals surface area contributed by atoms with Crippen LogP contribution in [-0.4, -0.2) is 50.0 Å². The van der Waals surface area contributed by atoms with Crippen LogP contribution in [0.5, 0.6) is 5.75 Å². The van der Waals surface area contributed by atoms with Gasteiger partial charge in [-0.3, -0.25) is 9.59 Å². The molecule has 154 valence electrons. The molecular weight excluding hydrogens is 366 g/mol. The molecule has 0 spiro atoms. The van der Waals surface area contributed by atoms with Crippen LogP contribution >= 0.6 is 0 Å². The van der Waals surface area contributed by atoms with E-state index in [0.29, 0.717) is 26.2 Å². The molecule has 2 aromatic rings. The van der Waals surface area contributed by atoms with Crippen molar-refractivity contribution in [2.75, 3.05) is 43.5 Å². The van der Waals surface area contributed by atoms with E-state index in [4.69, 9.17) is 4.74 Å². The largest absolute Gasteiger partial charge is 0.495 e. The molecule has 6 nitrogen and oxygen atoms in total. The fourth-order valence-electron chi connectivity index (χ4n) is 3.53. The number of rotatable bonds is 5. The van der Waals surface area contributed by atoms with Crippen LogP contribution in [0, 0.1) is 12.3 Å². The highest BCUT2D eigenvalue weighted by Gasteiger charge is 2.40. The molecular formula is C23H29N3O3. The minimum absolute atomic E-state index is 0.150. The number of nitrogens with zero attached hydrogens (tertiary/aromatic N) is 2. The maximum Gasteiger partial charge on any atom is 0.239 e. The molecule has 0 aromatic heterocycles. The highest BCUT2D eigenvalue weighted by Crippen LogP contribution is 2.29. The number of aryl methyl sites for hydroxylation is 1. The molecule has 0 bridgehead atoms. The average Bonchev–Trinajstić information content (AvgIpc) is 2.74. The number of carbonyl (C=O) groups excluding carboxylic acids is 2. The highest BCUT2D eigenvalue weighted by atomic mass is 16.5. The van der Waals surface area contributed by atoms with Crippen LogP contribution in [0.25, 0.3) is 0 Å². The smallest absolute Gasteiger partial charge is 0.239 e. The van der Waals surface area contributed by atoms with Gasteiger partial charge in [-0.15, -0.1) is 0 Å². The Balaban J connectivity index is 1.64. The van der Waals surface area contributed by atoms with Gasteiger partial charge in [0.15, 0.2) is 0 Å². The third kappa shape index (κ3) is 4.36. The molecule has 1 aliphatic heterocycles. The quantitative estimate of drug-likeness (QED) is 0.789. The van der Waals surface area contributed by atoms with E-state index >= 15 is 0 Å². The normalized spacial score (nSPS) is 14.5. The van der Waals surface area contributed by atoms with Gasteiger partial charge < -0.3 is 19.9 Å². The summed E-state index contributed by atoms with van der Waals surface area (Å²) in [5.74, 6) is 0.387. The summed E-state index contributed by atoms with van der Waals surface area (Å²) in [5, 5.41) is 2.91. The van der Waals surface area contributed by atoms with Gasteiger partial charge in [-0.05, 0) is 44.5 Å². The Morgan fingerprint density at radius 3 is 2.24 bits per heavy atom. The van der Waals surface area contributed by atoms with Crippen molar-refractivity contribution >= 4 is 23.2 Å². The van der Waals surface area contributed by atoms with Crippen molar-refractivity contribution < 1.29 is 14.3 Å². The molecule has 0 radical (unpaired) electrons. The summed E-state index contributed by atoms with van der Waals surface area (Å²) < 4.78 is 5.45. The van der Waals surface area contributed by atoms with Gasteiger partial charge in [-0.1, -0.05) is 30.3 Å². The molecule has 2 amide bonds. The lowest BCUT2D eigenvalue weighted by Gasteiger charge is -2.39. The first kappa shape index (κ1) is 20.7. The molecule has 3 rings (SSSR count). The summed E-state index contributed by atoms with van der Waals surface area (Å²) in [4.78, 5) is 30.0. The zero-order valence-electron chi connectivity index (χ0n) is 17.6. The first-order chi connectivity index (χ1) is 13.8. The monoisotopic (exact) mass is 395 g/mol. The number of amides is 2. The second-order valence-corrected chi connectivity index (χ2v) is 7.85. The summed E-state index contributed by atoms with van der Waals surface area (Å²) in [7, 11) is 1.66. The van der Waals surface area contributed by atoms with Gasteiger partial charge in [0.2, 0.25) is 11.8 Å². The van der Waals surface area contributed by atoms with Gasteiger partial charge in [0, 0.05) is 31.9 Å². The number of piperazine rings is 1. The number of nitrogens with one attached hydrogen (secondary N) is 1. The van der Waals surface area contributed by atoms with Crippen LogP contribution in [0.2, 0.25) is 0 Å². The Hall–Kier alpha value is -3.02. The van der Waals surface area contributed by atoms with E-state index < -0.39 is 5.41 Å². The molecule has 29 heavy (non-hydrogen) atoms. The van der Waals surface area contributed by atoms with E-state index in [0.717, 1.165) is 22.7 Å². The number of carbonyl (C=O) groups is 2. The number of methoxy groups -OCH3 is 1. The Morgan fingerprint density at radius 1 is 0.966 bits per heavy atom. The Labute approximate surface area is 172 Å². The van der Waals surface area contributed by atoms with Crippen LogP contribution in [0.3, 0.4) is 0 Å². The van der Waals surface area contributed by atoms with Gasteiger partial charge in [0.1, 0.15) is 11.2 Å². The van der Waals surface area contributed by atoms with Crippen LogP contribution in [0.15, 0.2) is 48.5 Å². The average molecular weight is 396 g/mol. The predicted molar refractivity (Wildman–Crippen MR) is 115 cm³/mol. The minimum atomic E-state index is -1.14. The third-order valence-corrected chi connectivity index (χ3v) is 5.49. The molecule has 0 unspecified atom stereocenters. The molecule has 1 saturated heterocycles. The third-order valence-electron chi connectivity index (χ3n) is 5.49. The molecule has 1 heterocycles. The first-order valence-electron chi connectivity index (χ1n) is 9.89. The van der Waals surface area contributed by atoms with E-state index in [1.807, 2.05) is 55.5 Å². The maximum absolute atomic E-state index is 13.1. The van der Waals surface area contributed by atoms with Crippen LogP contribution < -0.4 is 15.0 Å². The topological polar surface area (TPSA) is 61.9 Å². The second kappa shape index (κ2) is 8.55. The maximum atomic E-state index is 13.1. The van der Waals surface area contributed by atoms with E-state index in [2.05, 4.69) is 10.2 Å². The van der Waals surface area contributed by atoms with Crippen molar-refractivity contribution in [2.45, 2.75) is 20.8 Å². The standard InChI is InChI=1S/C23H29N3O3/c1-17-9-5-6-10-18(17)24-21(27)23(2,3)22(28)26-15-13-25(14-16-26)19-11-7-8-12-20(19)29-4/h5-12H,13-16H2,1-4H3,(H,24,27). The lowest BCUT2D eigenvalue weighted by atomic mass is 9.89. The summed E-state index contributed by atoms with van der Waals surface area (Å²) in [6, 6.07) is 15.5. The van der Waals surface area contributed by atoms with Crippen molar-refractivity contribution in [3.63, 3.8) is 0 Å². The number of ether oxygens (including phenoxy) is 1. The Kier molecular flexibility index (Phi) is 6.11. The van der Waals surface area contributed by atoms with Crippen molar-refractivity contribution in [1.29, 1.82) is 0 Å². The van der Waals surface area contributed by atoms with E-state index in [9.17, 15) is 9.59 Å². The highest BCUT2D eigenvalue weighted by molar-refractivity contribution is 6.10. The summed E-state index contributed by atoms with van der Waals surface area (Å²) in [6.07, 6.45) is 0. The van der Waals surface area contributed by atoms with E-state index in [1.165, 1.54) is 0 Å². The molecule has 1 aliphatic rings. The van der Waals surface area contributed by atoms with Gasteiger partial charge >= 0.3 is 0 Å². The van der Waals surface area contributed by atoms with Crippen molar-refractivity contribution in [3.8, 4) is 5.75 Å². The van der Waals surface area contributed by atoms with E-state index in [-0.39, 0.29) is 11.8 Å². The van der Waals surface area contributed by atoms with Crippen LogP contribution in [0.4, 0.5) is 11.4 Å². The van der Waals surface area contributed by atoms with Crippen LogP contribution in [0.1, 0.15) is 19.4 Å². The zero-order valence-corrected chi connectivity index (χ0v) is 17.6. The number of benzene rings is 2. The van der Waals surface area contributed by atoms with Crippen molar-refractivity contribution in [2.24, 2.45) is 5.41 Å². The number of anilines is 2. The van der Waals surface area contributed by atoms with Gasteiger partial charge in [-0.2, -0.15) is 0 Å². The van der Waals surface area contributed by atoms with E-state index in [1.54, 1.807) is 25.9 Å². The minimum Gasteiger partial charge on any atom is -0.495 e. The number of hydrogen-bond acceptors (Lipinski definition) is 4. The van der Waals surface area contributed by atoms with Gasteiger partial charge in [0.05, 0.1) is 12.8 Å². The van der Waals surface area contributed by atoms with Crippen LogP contribution in [-0.2, 0) is 9.59 Å². The fraction of sp³-hybridized carbons (Fsp3) is 0.391. The molecule has 0 aliphatic carbocycles. The molecule has 1 fully saturated rings. The first-order valence-corrected chi connectivity index (χ1v) is 9.89. The van der Waals surface area contributed by atoms with Gasteiger partial charge in [0.25, 0.3) is 0 Å². The zero-order chi connectivity index (χ0) is 21.0. The molecule has 2 aromatic carbocycles. The van der Waals surface area contributed by atoms with Crippen molar-refractivity contribution in [1.82, 2.24) is 4.90 Å². The molecule has 0 saturated carbocycles. The van der Waals surface area contributed by atoms with Gasteiger partial charge in [-0.25, -0.2) is 0 Å². The lowest BCUT2D eigenvalue weighted by Crippen LogP contribution is -2.54. The SMILES string of the molecule is COc1ccccc1N1CCN(C(=O)C(C)(C)C(=O)Nc2ccccc2C)CC1. The summed E-state index contributed by atoms with van der Waals surface area (Å²) >= 11 is 0.